The molecule has 1 aliphatic carbocycles. The van der Waals surface area contributed by atoms with Crippen LogP contribution in [0.1, 0.15) is 50.2 Å². The molecule has 3 rings (SSSR count). The second-order valence-electron chi connectivity index (χ2n) is 6.38. The van der Waals surface area contributed by atoms with Gasteiger partial charge in [-0.3, -0.25) is 0 Å². The molecule has 1 fully saturated rings. The Bertz CT molecular complexity index is 582. The van der Waals surface area contributed by atoms with E-state index in [1.807, 2.05) is 24.3 Å². The van der Waals surface area contributed by atoms with Gasteiger partial charge in [-0.05, 0) is 41.2 Å². The Balaban J connectivity index is 1.66. The van der Waals surface area contributed by atoms with Crippen molar-refractivity contribution in [2.45, 2.75) is 44.6 Å². The number of hydrogen-bond acceptors (Lipinski definition) is 1. The molecule has 1 unspecified atom stereocenters. The number of rotatable bonds is 4. The van der Waals surface area contributed by atoms with E-state index >= 15 is 0 Å². The van der Waals surface area contributed by atoms with E-state index in [0.717, 1.165) is 23.1 Å². The summed E-state index contributed by atoms with van der Waals surface area (Å²) in [5.41, 5.74) is 3.03. The van der Waals surface area contributed by atoms with E-state index < -0.39 is 0 Å². The highest BCUT2D eigenvalue weighted by Gasteiger charge is 2.18. The smallest absolute Gasteiger partial charge is 0.123 e. The van der Waals surface area contributed by atoms with Crippen molar-refractivity contribution in [1.29, 1.82) is 0 Å². The van der Waals surface area contributed by atoms with Crippen LogP contribution < -0.4 is 0 Å². The molecule has 1 aliphatic rings. The fourth-order valence-electron chi connectivity index (χ4n) is 3.41. The quantitative estimate of drug-likeness (QED) is 0.790. The molecule has 0 bridgehead atoms. The fourth-order valence-corrected chi connectivity index (χ4v) is 3.41. The average Bonchev–Trinajstić information content (AvgIpc) is 2.57. The molecule has 1 atom stereocenters. The minimum atomic E-state index is -0.370. The predicted molar refractivity (Wildman–Crippen MR) is 88.0 cm³/mol. The SMILES string of the molecule is OC(CC1CCCCC1)c1ccc(-c2ccc(F)cc2)cc1. The molecule has 0 radical (unpaired) electrons. The van der Waals surface area contributed by atoms with Crippen molar-refractivity contribution < 1.29 is 9.50 Å². The summed E-state index contributed by atoms with van der Waals surface area (Å²) in [6, 6.07) is 14.5. The van der Waals surface area contributed by atoms with Crippen LogP contribution in [-0.4, -0.2) is 5.11 Å². The Morgan fingerprint density at radius 3 is 2.00 bits per heavy atom. The van der Waals surface area contributed by atoms with Crippen LogP contribution in [0.15, 0.2) is 48.5 Å². The highest BCUT2D eigenvalue weighted by molar-refractivity contribution is 5.63. The van der Waals surface area contributed by atoms with Gasteiger partial charge < -0.3 is 5.11 Å². The first-order valence-electron chi connectivity index (χ1n) is 8.26. The predicted octanol–water partition coefficient (Wildman–Crippen LogP) is 5.50. The number of aliphatic hydroxyl groups excluding tert-OH is 1. The maximum absolute atomic E-state index is 13.0. The van der Waals surface area contributed by atoms with Gasteiger partial charge in [-0.2, -0.15) is 0 Å². The summed E-state index contributed by atoms with van der Waals surface area (Å²) in [5.74, 6) is 0.448. The van der Waals surface area contributed by atoms with Crippen molar-refractivity contribution in [3.8, 4) is 11.1 Å². The van der Waals surface area contributed by atoms with E-state index in [0.29, 0.717) is 5.92 Å². The highest BCUT2D eigenvalue weighted by atomic mass is 19.1. The summed E-state index contributed by atoms with van der Waals surface area (Å²) in [6.45, 7) is 0. The zero-order chi connectivity index (χ0) is 15.4. The molecule has 1 nitrogen and oxygen atoms in total. The first-order valence-corrected chi connectivity index (χ1v) is 8.26. The summed E-state index contributed by atoms with van der Waals surface area (Å²) < 4.78 is 13.0. The molecule has 0 aromatic heterocycles. The molecule has 116 valence electrons. The van der Waals surface area contributed by atoms with Gasteiger partial charge in [-0.25, -0.2) is 4.39 Å². The van der Waals surface area contributed by atoms with Crippen molar-refractivity contribution in [2.75, 3.05) is 0 Å². The normalized spacial score (nSPS) is 17.4. The van der Waals surface area contributed by atoms with E-state index in [4.69, 9.17) is 0 Å². The van der Waals surface area contributed by atoms with Gasteiger partial charge in [0.25, 0.3) is 0 Å². The number of benzene rings is 2. The Morgan fingerprint density at radius 2 is 1.41 bits per heavy atom. The number of hydrogen-bond donors (Lipinski definition) is 1. The fraction of sp³-hybridized carbons (Fsp3) is 0.400. The first kappa shape index (κ1) is 15.2. The van der Waals surface area contributed by atoms with Gasteiger partial charge in [0.2, 0.25) is 0 Å². The molecule has 0 heterocycles. The zero-order valence-electron chi connectivity index (χ0n) is 12.8. The molecular weight excluding hydrogens is 275 g/mol. The van der Waals surface area contributed by atoms with Crippen molar-refractivity contribution in [2.24, 2.45) is 5.92 Å². The van der Waals surface area contributed by atoms with Gasteiger partial charge in [0.15, 0.2) is 0 Å². The molecule has 0 amide bonds. The van der Waals surface area contributed by atoms with Gasteiger partial charge in [-0.1, -0.05) is 68.5 Å². The van der Waals surface area contributed by atoms with E-state index in [1.54, 1.807) is 12.1 Å². The summed E-state index contributed by atoms with van der Waals surface area (Å²) in [6.07, 6.45) is 6.97. The van der Waals surface area contributed by atoms with E-state index in [2.05, 4.69) is 0 Å². The van der Waals surface area contributed by atoms with Gasteiger partial charge >= 0.3 is 0 Å². The molecule has 0 aliphatic heterocycles. The van der Waals surface area contributed by atoms with Crippen LogP contribution in [0.25, 0.3) is 11.1 Å². The van der Waals surface area contributed by atoms with Crippen LogP contribution >= 0.6 is 0 Å². The zero-order valence-corrected chi connectivity index (χ0v) is 12.8. The lowest BCUT2D eigenvalue weighted by atomic mass is 9.84. The first-order chi connectivity index (χ1) is 10.7. The minimum Gasteiger partial charge on any atom is -0.388 e. The highest BCUT2D eigenvalue weighted by Crippen LogP contribution is 2.32. The Labute approximate surface area is 131 Å². The van der Waals surface area contributed by atoms with E-state index in [9.17, 15) is 9.50 Å². The summed E-state index contributed by atoms with van der Waals surface area (Å²) in [5, 5.41) is 10.4. The molecular formula is C20H23FO. The van der Waals surface area contributed by atoms with Gasteiger partial charge in [0.1, 0.15) is 5.82 Å². The Morgan fingerprint density at radius 1 is 0.864 bits per heavy atom. The van der Waals surface area contributed by atoms with Crippen LogP contribution in [0.2, 0.25) is 0 Å². The van der Waals surface area contributed by atoms with Crippen LogP contribution in [0.5, 0.6) is 0 Å². The molecule has 2 heteroatoms. The monoisotopic (exact) mass is 298 g/mol. The van der Waals surface area contributed by atoms with Gasteiger partial charge in [0.05, 0.1) is 6.10 Å². The summed E-state index contributed by atoms with van der Waals surface area (Å²) in [4.78, 5) is 0. The topological polar surface area (TPSA) is 20.2 Å². The standard InChI is InChI=1S/C20H23FO/c21-19-12-10-17(11-13-19)16-6-8-18(9-7-16)20(22)14-15-4-2-1-3-5-15/h6-13,15,20,22H,1-5,14H2. The average molecular weight is 298 g/mol. The van der Waals surface area contributed by atoms with Crippen molar-refractivity contribution >= 4 is 0 Å². The molecule has 1 N–H and O–H groups in total. The van der Waals surface area contributed by atoms with Gasteiger partial charge in [0, 0.05) is 0 Å². The number of halogens is 1. The lowest BCUT2D eigenvalue weighted by Gasteiger charge is -2.24. The second-order valence-corrected chi connectivity index (χ2v) is 6.38. The third kappa shape index (κ3) is 3.75. The third-order valence-corrected chi connectivity index (χ3v) is 4.75. The van der Waals surface area contributed by atoms with Crippen LogP contribution in [0, 0.1) is 11.7 Å². The van der Waals surface area contributed by atoms with E-state index in [-0.39, 0.29) is 11.9 Å². The summed E-state index contributed by atoms with van der Waals surface area (Å²) in [7, 11) is 0. The molecule has 22 heavy (non-hydrogen) atoms. The lowest BCUT2D eigenvalue weighted by Crippen LogP contribution is -2.11. The maximum Gasteiger partial charge on any atom is 0.123 e. The molecule has 0 spiro atoms. The molecule has 2 aromatic carbocycles. The third-order valence-electron chi connectivity index (χ3n) is 4.75. The molecule has 0 saturated heterocycles. The Hall–Kier alpha value is -1.67. The minimum absolute atomic E-state index is 0.219. The molecule has 1 saturated carbocycles. The van der Waals surface area contributed by atoms with E-state index in [1.165, 1.54) is 44.2 Å². The largest absolute Gasteiger partial charge is 0.388 e. The van der Waals surface area contributed by atoms with Gasteiger partial charge in [-0.15, -0.1) is 0 Å². The lowest BCUT2D eigenvalue weighted by molar-refractivity contribution is 0.131. The van der Waals surface area contributed by atoms with Crippen LogP contribution in [0.4, 0.5) is 4.39 Å². The van der Waals surface area contributed by atoms with Crippen molar-refractivity contribution in [1.82, 2.24) is 0 Å². The Kier molecular flexibility index (Phi) is 4.89. The van der Waals surface area contributed by atoms with Crippen LogP contribution in [0.3, 0.4) is 0 Å². The van der Waals surface area contributed by atoms with Crippen molar-refractivity contribution in [3.05, 3.63) is 59.9 Å². The van der Waals surface area contributed by atoms with Crippen LogP contribution in [-0.2, 0) is 0 Å². The van der Waals surface area contributed by atoms with Crippen molar-refractivity contribution in [3.63, 3.8) is 0 Å². The molecule has 2 aromatic rings. The summed E-state index contributed by atoms with van der Waals surface area (Å²) >= 11 is 0. The maximum atomic E-state index is 13.0. The second kappa shape index (κ2) is 7.06. The number of aliphatic hydroxyl groups is 1.